The van der Waals surface area contributed by atoms with E-state index >= 15 is 0 Å². The fourth-order valence-corrected chi connectivity index (χ4v) is 8.21. The van der Waals surface area contributed by atoms with Crippen LogP contribution < -0.4 is 0 Å². The van der Waals surface area contributed by atoms with E-state index in [1.807, 2.05) is 0 Å². The molecule has 164 valence electrons. The minimum Gasteiger partial charge on any atom is -0.393 e. The molecule has 0 amide bonds. The van der Waals surface area contributed by atoms with Crippen molar-refractivity contribution < 1.29 is 5.11 Å². The molecule has 1 N–H and O–H groups in total. The van der Waals surface area contributed by atoms with Gasteiger partial charge in [0.2, 0.25) is 0 Å². The van der Waals surface area contributed by atoms with Gasteiger partial charge in [-0.3, -0.25) is 0 Å². The van der Waals surface area contributed by atoms with Gasteiger partial charge in [-0.15, -0.1) is 0 Å². The minimum atomic E-state index is -0.0696. The van der Waals surface area contributed by atoms with Crippen LogP contribution in [0.2, 0.25) is 0 Å². The summed E-state index contributed by atoms with van der Waals surface area (Å²) in [7, 11) is 0. The zero-order valence-electron chi connectivity index (χ0n) is 19.9. The molecule has 10 atom stereocenters. The van der Waals surface area contributed by atoms with Crippen LogP contribution in [0.15, 0.2) is 24.3 Å². The van der Waals surface area contributed by atoms with Gasteiger partial charge in [0.25, 0.3) is 0 Å². The molecule has 0 aliphatic heterocycles. The zero-order valence-corrected chi connectivity index (χ0v) is 19.9. The highest BCUT2D eigenvalue weighted by Gasteiger charge is 2.59. The van der Waals surface area contributed by atoms with E-state index in [-0.39, 0.29) is 6.10 Å². The van der Waals surface area contributed by atoms with Crippen molar-refractivity contribution in [2.45, 2.75) is 92.6 Å². The molecule has 0 aromatic rings. The SMILES string of the molecule is CC(C)[C@@H](C)/C=C/[C@@H](C)[C@H]1CC[C@H]2[C@@H]3C=CC4CC(O)CC[C@]4(C)[C@H]3CC[C@]12C. The predicted molar refractivity (Wildman–Crippen MR) is 123 cm³/mol. The summed E-state index contributed by atoms with van der Waals surface area (Å²) in [6.45, 7) is 14.7. The van der Waals surface area contributed by atoms with Gasteiger partial charge in [0.1, 0.15) is 0 Å². The van der Waals surface area contributed by atoms with Crippen molar-refractivity contribution in [3.05, 3.63) is 24.3 Å². The monoisotopic (exact) mass is 398 g/mol. The Morgan fingerprint density at radius 1 is 0.862 bits per heavy atom. The number of aliphatic hydroxyl groups excluding tert-OH is 1. The standard InChI is InChI=1S/C28H46O/c1-18(2)19(3)7-8-20(4)24-11-12-25-23-10-9-21-17-22(29)13-15-27(21,5)26(23)14-16-28(24,25)6/h7-10,18-26,29H,11-17H2,1-6H3/b8-7+/t19-,20+,21?,22?,23-,24+,25-,26-,27-,28+/m0/s1. The summed E-state index contributed by atoms with van der Waals surface area (Å²) in [6.07, 6.45) is 19.1. The van der Waals surface area contributed by atoms with Crippen LogP contribution in [-0.4, -0.2) is 11.2 Å². The Bertz CT molecular complexity index is 647. The van der Waals surface area contributed by atoms with Crippen molar-refractivity contribution >= 4 is 0 Å². The Kier molecular flexibility index (Phi) is 5.86. The molecule has 2 unspecified atom stereocenters. The van der Waals surface area contributed by atoms with Crippen molar-refractivity contribution in [1.82, 2.24) is 0 Å². The molecule has 4 aliphatic carbocycles. The van der Waals surface area contributed by atoms with Gasteiger partial charge >= 0.3 is 0 Å². The van der Waals surface area contributed by atoms with Gasteiger partial charge in [0, 0.05) is 0 Å². The average molecular weight is 399 g/mol. The van der Waals surface area contributed by atoms with Crippen molar-refractivity contribution in [3.8, 4) is 0 Å². The van der Waals surface area contributed by atoms with Crippen LogP contribution in [0.25, 0.3) is 0 Å². The smallest absolute Gasteiger partial charge is 0.0546 e. The highest BCUT2D eigenvalue weighted by atomic mass is 16.3. The molecule has 1 nitrogen and oxygen atoms in total. The van der Waals surface area contributed by atoms with Gasteiger partial charge in [-0.05, 0) is 103 Å². The Morgan fingerprint density at radius 2 is 1.55 bits per heavy atom. The van der Waals surface area contributed by atoms with E-state index in [0.29, 0.717) is 28.6 Å². The first kappa shape index (κ1) is 21.7. The lowest BCUT2D eigenvalue weighted by atomic mass is 9.46. The van der Waals surface area contributed by atoms with Gasteiger partial charge in [-0.25, -0.2) is 0 Å². The van der Waals surface area contributed by atoms with Gasteiger partial charge in [0.15, 0.2) is 0 Å². The molecule has 4 aliphatic rings. The number of aliphatic hydroxyl groups is 1. The largest absolute Gasteiger partial charge is 0.393 e. The maximum absolute atomic E-state index is 10.2. The van der Waals surface area contributed by atoms with Crippen LogP contribution in [-0.2, 0) is 0 Å². The van der Waals surface area contributed by atoms with Crippen molar-refractivity contribution in [1.29, 1.82) is 0 Å². The van der Waals surface area contributed by atoms with Gasteiger partial charge in [0.05, 0.1) is 6.10 Å². The van der Waals surface area contributed by atoms with Crippen LogP contribution in [0.4, 0.5) is 0 Å². The van der Waals surface area contributed by atoms with Crippen molar-refractivity contribution in [2.24, 2.45) is 58.2 Å². The predicted octanol–water partition coefficient (Wildman–Crippen LogP) is 7.27. The maximum Gasteiger partial charge on any atom is 0.0546 e. The number of allylic oxidation sites excluding steroid dienone is 4. The fraction of sp³-hybridized carbons (Fsp3) is 0.857. The van der Waals surface area contributed by atoms with E-state index in [4.69, 9.17) is 0 Å². The molecule has 4 rings (SSSR count). The molecule has 0 saturated heterocycles. The zero-order chi connectivity index (χ0) is 21.0. The summed E-state index contributed by atoms with van der Waals surface area (Å²) in [5.41, 5.74) is 0.935. The summed E-state index contributed by atoms with van der Waals surface area (Å²) in [6, 6.07) is 0. The molecule has 3 saturated carbocycles. The molecule has 0 bridgehead atoms. The van der Waals surface area contributed by atoms with Crippen molar-refractivity contribution in [2.75, 3.05) is 0 Å². The molecule has 1 heteroatoms. The fourth-order valence-electron chi connectivity index (χ4n) is 8.21. The second-order valence-electron chi connectivity index (χ2n) is 12.3. The number of fused-ring (bicyclic) bond motifs is 5. The van der Waals surface area contributed by atoms with Crippen molar-refractivity contribution in [3.63, 3.8) is 0 Å². The third-order valence-electron chi connectivity index (χ3n) is 10.6. The summed E-state index contributed by atoms with van der Waals surface area (Å²) >= 11 is 0. The summed E-state index contributed by atoms with van der Waals surface area (Å²) in [5, 5.41) is 10.2. The molecule has 0 spiro atoms. The second kappa shape index (κ2) is 7.85. The lowest BCUT2D eigenvalue weighted by Gasteiger charge is -2.59. The molecule has 0 radical (unpaired) electrons. The number of hydrogen-bond acceptors (Lipinski definition) is 1. The number of rotatable bonds is 4. The average Bonchev–Trinajstić information content (AvgIpc) is 3.03. The highest BCUT2D eigenvalue weighted by molar-refractivity contribution is 5.18. The maximum atomic E-state index is 10.2. The molecule has 29 heavy (non-hydrogen) atoms. The Hall–Kier alpha value is -0.560. The molecule has 0 aromatic carbocycles. The van der Waals surface area contributed by atoms with Crippen LogP contribution in [0.5, 0.6) is 0 Å². The lowest BCUT2D eigenvalue weighted by Crippen LogP contribution is -2.52. The quantitative estimate of drug-likeness (QED) is 0.494. The normalized spacial score (nSPS) is 49.0. The first-order valence-electron chi connectivity index (χ1n) is 12.7. The van der Waals surface area contributed by atoms with E-state index in [1.165, 1.54) is 32.1 Å². The molecule has 0 heterocycles. The minimum absolute atomic E-state index is 0.0696. The van der Waals surface area contributed by atoms with E-state index < -0.39 is 0 Å². The highest BCUT2D eigenvalue weighted by Crippen LogP contribution is 2.66. The van der Waals surface area contributed by atoms with Crippen LogP contribution >= 0.6 is 0 Å². The summed E-state index contributed by atoms with van der Waals surface area (Å²) in [5.74, 6) is 6.04. The third kappa shape index (κ3) is 3.58. The second-order valence-corrected chi connectivity index (χ2v) is 12.3. The van der Waals surface area contributed by atoms with E-state index in [2.05, 4.69) is 65.8 Å². The summed E-state index contributed by atoms with van der Waals surface area (Å²) < 4.78 is 0. The molecule has 3 fully saturated rings. The van der Waals surface area contributed by atoms with Crippen LogP contribution in [0.3, 0.4) is 0 Å². The first-order chi connectivity index (χ1) is 13.7. The van der Waals surface area contributed by atoms with Gasteiger partial charge in [-0.2, -0.15) is 0 Å². The van der Waals surface area contributed by atoms with E-state index in [9.17, 15) is 5.11 Å². The third-order valence-corrected chi connectivity index (χ3v) is 10.6. The first-order valence-corrected chi connectivity index (χ1v) is 12.7. The molecular formula is C28H46O. The van der Waals surface area contributed by atoms with Crippen LogP contribution in [0, 0.1) is 58.2 Å². The lowest BCUT2D eigenvalue weighted by molar-refractivity contribution is -0.0795. The van der Waals surface area contributed by atoms with Gasteiger partial charge < -0.3 is 5.11 Å². The van der Waals surface area contributed by atoms with E-state index in [0.717, 1.165) is 42.4 Å². The topological polar surface area (TPSA) is 20.2 Å². The van der Waals surface area contributed by atoms with E-state index in [1.54, 1.807) is 0 Å². The summed E-state index contributed by atoms with van der Waals surface area (Å²) in [4.78, 5) is 0. The Labute approximate surface area is 180 Å². The Balaban J connectivity index is 1.53. The number of hydrogen-bond donors (Lipinski definition) is 1. The molecule has 0 aromatic heterocycles. The Morgan fingerprint density at radius 3 is 2.28 bits per heavy atom. The van der Waals surface area contributed by atoms with Gasteiger partial charge in [-0.1, -0.05) is 65.8 Å². The van der Waals surface area contributed by atoms with Crippen LogP contribution in [0.1, 0.15) is 86.5 Å². The molecular weight excluding hydrogens is 352 g/mol.